The molecule has 3 rings (SSSR count). The number of aromatic amines is 1. The predicted octanol–water partition coefficient (Wildman–Crippen LogP) is 3.96. The minimum Gasteiger partial charge on any atom is -0.352 e. The van der Waals surface area contributed by atoms with Crippen LogP contribution in [0, 0.1) is 10.7 Å². The number of H-pyrrole nitrogens is 1. The molecule has 1 saturated carbocycles. The normalized spacial score (nSPS) is 20.8. The maximum absolute atomic E-state index is 12.4. The largest absolute Gasteiger partial charge is 0.352 e. The van der Waals surface area contributed by atoms with E-state index in [4.69, 9.17) is 23.8 Å². The van der Waals surface area contributed by atoms with E-state index in [1.54, 1.807) is 16.7 Å². The van der Waals surface area contributed by atoms with Crippen LogP contribution in [-0.2, 0) is 11.3 Å². The number of hydrogen-bond acceptors (Lipinski definition) is 3. The number of halogens is 1. The van der Waals surface area contributed by atoms with E-state index in [9.17, 15) is 4.79 Å². The van der Waals surface area contributed by atoms with Crippen LogP contribution in [0.25, 0.3) is 11.4 Å². The first kappa shape index (κ1) is 17.2. The van der Waals surface area contributed by atoms with E-state index in [-0.39, 0.29) is 18.5 Å². The van der Waals surface area contributed by atoms with E-state index in [1.165, 1.54) is 12.8 Å². The first-order valence-corrected chi connectivity index (χ1v) is 9.02. The second-order valence-corrected chi connectivity index (χ2v) is 7.30. The van der Waals surface area contributed by atoms with Crippen LogP contribution < -0.4 is 5.32 Å². The number of nitrogens with zero attached hydrogens (tertiary/aromatic N) is 2. The van der Waals surface area contributed by atoms with Gasteiger partial charge >= 0.3 is 0 Å². The Labute approximate surface area is 151 Å². The van der Waals surface area contributed by atoms with E-state index < -0.39 is 0 Å². The van der Waals surface area contributed by atoms with Crippen LogP contribution in [-0.4, -0.2) is 26.7 Å². The molecule has 1 amide bonds. The van der Waals surface area contributed by atoms with Crippen LogP contribution in [0.15, 0.2) is 24.3 Å². The molecule has 1 fully saturated rings. The summed E-state index contributed by atoms with van der Waals surface area (Å²) in [6, 6.07) is 7.58. The lowest BCUT2D eigenvalue weighted by Crippen LogP contribution is -2.39. The van der Waals surface area contributed by atoms with Crippen molar-refractivity contribution in [2.75, 3.05) is 0 Å². The van der Waals surface area contributed by atoms with Crippen LogP contribution in [0.5, 0.6) is 0 Å². The molecule has 0 spiro atoms. The quantitative estimate of drug-likeness (QED) is 0.807. The first-order chi connectivity index (χ1) is 11.5. The molecule has 24 heavy (non-hydrogen) atoms. The van der Waals surface area contributed by atoms with Crippen LogP contribution >= 0.6 is 23.8 Å². The van der Waals surface area contributed by atoms with E-state index >= 15 is 0 Å². The lowest BCUT2D eigenvalue weighted by atomic mass is 9.87. The third-order valence-corrected chi connectivity index (χ3v) is 5.03. The van der Waals surface area contributed by atoms with Gasteiger partial charge in [-0.25, -0.2) is 0 Å². The maximum atomic E-state index is 12.4. The van der Waals surface area contributed by atoms with Crippen molar-refractivity contribution in [2.24, 2.45) is 5.92 Å². The van der Waals surface area contributed by atoms with E-state index in [2.05, 4.69) is 22.4 Å². The van der Waals surface area contributed by atoms with Crippen LogP contribution in [0.4, 0.5) is 0 Å². The SMILES string of the molecule is CC1CCCC(NC(=O)Cn2c(-c3ccc(Cl)cc3)n[nH]c2=S)C1. The first-order valence-electron chi connectivity index (χ1n) is 8.23. The Hall–Kier alpha value is -1.66. The fourth-order valence-electron chi connectivity index (χ4n) is 3.27. The molecule has 1 aromatic carbocycles. The van der Waals surface area contributed by atoms with Crippen molar-refractivity contribution in [3.05, 3.63) is 34.1 Å². The van der Waals surface area contributed by atoms with Crippen molar-refractivity contribution >= 4 is 29.7 Å². The molecule has 7 heteroatoms. The van der Waals surface area contributed by atoms with Crippen LogP contribution in [0.1, 0.15) is 32.6 Å². The summed E-state index contributed by atoms with van der Waals surface area (Å²) in [6.07, 6.45) is 4.52. The highest BCUT2D eigenvalue weighted by Crippen LogP contribution is 2.24. The van der Waals surface area contributed by atoms with Crippen molar-refractivity contribution < 1.29 is 4.79 Å². The predicted molar refractivity (Wildman–Crippen MR) is 97.4 cm³/mol. The van der Waals surface area contributed by atoms with Crippen molar-refractivity contribution in [3.63, 3.8) is 0 Å². The third-order valence-electron chi connectivity index (χ3n) is 4.46. The van der Waals surface area contributed by atoms with Gasteiger partial charge in [-0.3, -0.25) is 14.5 Å². The summed E-state index contributed by atoms with van der Waals surface area (Å²) in [5.74, 6) is 1.29. The van der Waals surface area contributed by atoms with Gasteiger partial charge in [0.05, 0.1) is 0 Å². The molecule has 1 aliphatic carbocycles. The van der Waals surface area contributed by atoms with Gasteiger partial charge in [-0.2, -0.15) is 5.10 Å². The summed E-state index contributed by atoms with van der Waals surface area (Å²) < 4.78 is 2.16. The number of hydrogen-bond donors (Lipinski definition) is 2. The van der Waals surface area contributed by atoms with E-state index in [1.807, 2.05) is 12.1 Å². The lowest BCUT2D eigenvalue weighted by molar-refractivity contribution is -0.122. The Kier molecular flexibility index (Phi) is 5.36. The molecule has 2 aromatic rings. The summed E-state index contributed by atoms with van der Waals surface area (Å²) in [6.45, 7) is 2.40. The van der Waals surface area contributed by atoms with Crippen LogP contribution in [0.3, 0.4) is 0 Å². The molecule has 5 nitrogen and oxygen atoms in total. The van der Waals surface area contributed by atoms with Crippen molar-refractivity contribution in [2.45, 2.75) is 45.2 Å². The van der Waals surface area contributed by atoms with Gasteiger partial charge in [0, 0.05) is 16.6 Å². The number of aromatic nitrogens is 3. The molecular weight excluding hydrogens is 344 g/mol. The summed E-state index contributed by atoms with van der Waals surface area (Å²) in [5.41, 5.74) is 0.867. The van der Waals surface area contributed by atoms with Crippen LogP contribution in [0.2, 0.25) is 5.02 Å². The fourth-order valence-corrected chi connectivity index (χ4v) is 3.59. The van der Waals surface area contributed by atoms with Gasteiger partial charge in [-0.15, -0.1) is 0 Å². The highest BCUT2D eigenvalue weighted by atomic mass is 35.5. The molecule has 1 aromatic heterocycles. The van der Waals surface area contributed by atoms with Gasteiger partial charge in [-0.1, -0.05) is 31.4 Å². The van der Waals surface area contributed by atoms with E-state index in [0.29, 0.717) is 21.5 Å². The number of carbonyl (C=O) groups excluding carboxylic acids is 1. The highest BCUT2D eigenvalue weighted by Gasteiger charge is 2.21. The summed E-state index contributed by atoms with van der Waals surface area (Å²) >= 11 is 11.2. The molecule has 128 valence electrons. The Balaban J connectivity index is 1.73. The average molecular weight is 365 g/mol. The molecule has 0 bridgehead atoms. The zero-order chi connectivity index (χ0) is 17.1. The third kappa shape index (κ3) is 4.05. The summed E-state index contributed by atoms with van der Waals surface area (Å²) in [5, 5.41) is 10.8. The Morgan fingerprint density at radius 1 is 1.42 bits per heavy atom. The van der Waals surface area contributed by atoms with Crippen molar-refractivity contribution in [1.29, 1.82) is 0 Å². The molecule has 0 saturated heterocycles. The molecule has 2 unspecified atom stereocenters. The zero-order valence-corrected chi connectivity index (χ0v) is 15.2. The topological polar surface area (TPSA) is 62.7 Å². The Morgan fingerprint density at radius 2 is 2.17 bits per heavy atom. The summed E-state index contributed by atoms with van der Waals surface area (Å²) in [4.78, 5) is 12.4. The van der Waals surface area contributed by atoms with Gasteiger partial charge in [0.15, 0.2) is 10.6 Å². The average Bonchev–Trinajstić information content (AvgIpc) is 2.89. The number of benzene rings is 1. The molecule has 2 N–H and O–H groups in total. The molecule has 0 aliphatic heterocycles. The minimum atomic E-state index is -0.0261. The molecular formula is C17H21ClN4OS. The maximum Gasteiger partial charge on any atom is 0.240 e. The van der Waals surface area contributed by atoms with Crippen molar-refractivity contribution in [1.82, 2.24) is 20.1 Å². The highest BCUT2D eigenvalue weighted by molar-refractivity contribution is 7.71. The number of nitrogens with one attached hydrogen (secondary N) is 2. The van der Waals surface area contributed by atoms with Gasteiger partial charge in [0.1, 0.15) is 6.54 Å². The molecule has 1 aliphatic rings. The lowest BCUT2D eigenvalue weighted by Gasteiger charge is -2.27. The number of amides is 1. The molecule has 0 radical (unpaired) electrons. The monoisotopic (exact) mass is 364 g/mol. The fraction of sp³-hybridized carbons (Fsp3) is 0.471. The van der Waals surface area contributed by atoms with Gasteiger partial charge in [-0.05, 0) is 55.2 Å². The minimum absolute atomic E-state index is 0.0261. The molecule has 2 atom stereocenters. The van der Waals surface area contributed by atoms with Gasteiger partial charge in [0.25, 0.3) is 0 Å². The standard InChI is InChI=1S/C17H21ClN4OS/c1-11-3-2-4-14(9-11)19-15(23)10-22-16(20-21-17(22)24)12-5-7-13(18)8-6-12/h5-8,11,14H,2-4,9-10H2,1H3,(H,19,23)(H,21,24). The molecule has 1 heterocycles. The second kappa shape index (κ2) is 7.49. The smallest absolute Gasteiger partial charge is 0.240 e. The number of rotatable bonds is 4. The van der Waals surface area contributed by atoms with Gasteiger partial charge in [0.2, 0.25) is 5.91 Å². The Morgan fingerprint density at radius 3 is 2.88 bits per heavy atom. The number of carbonyl (C=O) groups is 1. The van der Waals surface area contributed by atoms with Crippen molar-refractivity contribution in [3.8, 4) is 11.4 Å². The second-order valence-electron chi connectivity index (χ2n) is 6.48. The Bertz CT molecular complexity index is 768. The summed E-state index contributed by atoms with van der Waals surface area (Å²) in [7, 11) is 0. The van der Waals surface area contributed by atoms with Gasteiger partial charge < -0.3 is 5.32 Å². The zero-order valence-electron chi connectivity index (χ0n) is 13.6. The van der Waals surface area contributed by atoms with E-state index in [0.717, 1.165) is 18.4 Å².